The van der Waals surface area contributed by atoms with E-state index in [-0.39, 0.29) is 18.2 Å². The average Bonchev–Trinajstić information content (AvgIpc) is 2.90. The molecule has 2 aromatic rings. The molecule has 2 N–H and O–H groups in total. The van der Waals surface area contributed by atoms with Gasteiger partial charge >= 0.3 is 6.09 Å². The molecule has 0 spiro atoms. The Balaban J connectivity index is 2.59. The molecular weight excluding hydrogens is 526 g/mol. The molecule has 0 aromatic heterocycles. The third-order valence-corrected chi connectivity index (χ3v) is 6.58. The van der Waals surface area contributed by atoms with Gasteiger partial charge in [-0.1, -0.05) is 93.8 Å². The highest BCUT2D eigenvalue weighted by Gasteiger charge is 2.37. The van der Waals surface area contributed by atoms with Crippen LogP contribution < -0.4 is 10.6 Å². The van der Waals surface area contributed by atoms with Crippen molar-refractivity contribution in [2.75, 3.05) is 6.54 Å². The zero-order chi connectivity index (χ0) is 31.3. The van der Waals surface area contributed by atoms with Crippen molar-refractivity contribution in [3.05, 3.63) is 77.9 Å². The molecule has 7 nitrogen and oxygen atoms in total. The minimum Gasteiger partial charge on any atom is -0.444 e. The summed E-state index contributed by atoms with van der Waals surface area (Å²) in [5, 5.41) is 5.92. The second-order valence-electron chi connectivity index (χ2n) is 12.9. The van der Waals surface area contributed by atoms with Crippen molar-refractivity contribution < 1.29 is 19.1 Å². The van der Waals surface area contributed by atoms with Crippen molar-refractivity contribution in [2.45, 2.75) is 110 Å². The second kappa shape index (κ2) is 16.1. The SMILES string of the molecule is C=Cc1cccc(C(C(=O)NC(C)(C)C)N(CCCCCCC)C(=O)C(Cc2ccccc2)NC(=O)OC(C)(C)C)c1. The van der Waals surface area contributed by atoms with Gasteiger partial charge in [0.25, 0.3) is 0 Å². The molecule has 0 bridgehead atoms. The van der Waals surface area contributed by atoms with Crippen molar-refractivity contribution in [3.8, 4) is 0 Å². The Bertz CT molecular complexity index is 1160. The van der Waals surface area contributed by atoms with Crippen molar-refractivity contribution in [3.63, 3.8) is 0 Å². The Morgan fingerprint density at radius 2 is 1.60 bits per heavy atom. The fraction of sp³-hybridized carbons (Fsp3) is 0.514. The van der Waals surface area contributed by atoms with Crippen molar-refractivity contribution in [1.29, 1.82) is 0 Å². The second-order valence-corrected chi connectivity index (χ2v) is 12.9. The highest BCUT2D eigenvalue weighted by atomic mass is 16.6. The number of nitrogens with zero attached hydrogens (tertiary/aromatic N) is 1. The first-order chi connectivity index (χ1) is 19.7. The highest BCUT2D eigenvalue weighted by Crippen LogP contribution is 2.26. The number of hydrogen-bond donors (Lipinski definition) is 2. The predicted octanol–water partition coefficient (Wildman–Crippen LogP) is 7.22. The van der Waals surface area contributed by atoms with E-state index in [0.717, 1.165) is 43.2 Å². The van der Waals surface area contributed by atoms with E-state index >= 15 is 0 Å². The molecule has 0 saturated heterocycles. The predicted molar refractivity (Wildman–Crippen MR) is 171 cm³/mol. The van der Waals surface area contributed by atoms with Crippen LogP contribution in [0.2, 0.25) is 0 Å². The fourth-order valence-electron chi connectivity index (χ4n) is 4.72. The molecule has 0 aliphatic rings. The first-order valence-corrected chi connectivity index (χ1v) is 15.1. The number of unbranched alkanes of at least 4 members (excludes halogenated alkanes) is 4. The molecule has 0 aliphatic carbocycles. The van der Waals surface area contributed by atoms with E-state index in [4.69, 9.17) is 4.74 Å². The molecule has 2 aromatic carbocycles. The van der Waals surface area contributed by atoms with Gasteiger partial charge in [0.15, 0.2) is 0 Å². The van der Waals surface area contributed by atoms with Crippen LogP contribution in [0.3, 0.4) is 0 Å². The van der Waals surface area contributed by atoms with Gasteiger partial charge in [-0.25, -0.2) is 4.79 Å². The lowest BCUT2D eigenvalue weighted by Crippen LogP contribution is -2.55. The number of rotatable bonds is 14. The van der Waals surface area contributed by atoms with Crippen molar-refractivity contribution in [2.24, 2.45) is 0 Å². The largest absolute Gasteiger partial charge is 0.444 e. The molecule has 0 fully saturated rings. The molecule has 42 heavy (non-hydrogen) atoms. The maximum Gasteiger partial charge on any atom is 0.408 e. The quantitative estimate of drug-likeness (QED) is 0.232. The van der Waals surface area contributed by atoms with E-state index in [9.17, 15) is 14.4 Å². The lowest BCUT2D eigenvalue weighted by molar-refractivity contribution is -0.143. The average molecular weight is 578 g/mol. The third kappa shape index (κ3) is 12.1. The summed E-state index contributed by atoms with van der Waals surface area (Å²) in [7, 11) is 0. The number of amides is 3. The summed E-state index contributed by atoms with van der Waals surface area (Å²) in [5.74, 6) is -0.611. The van der Waals surface area contributed by atoms with Crippen LogP contribution in [0.4, 0.5) is 4.79 Å². The summed E-state index contributed by atoms with van der Waals surface area (Å²) in [4.78, 5) is 43.2. The van der Waals surface area contributed by atoms with Gasteiger partial charge in [-0.3, -0.25) is 9.59 Å². The van der Waals surface area contributed by atoms with Crippen LogP contribution in [0.25, 0.3) is 6.08 Å². The molecule has 3 amide bonds. The molecule has 0 aliphatic heterocycles. The highest BCUT2D eigenvalue weighted by molar-refractivity contribution is 5.92. The Hall–Kier alpha value is -3.61. The molecule has 0 saturated carbocycles. The first kappa shape index (κ1) is 34.6. The summed E-state index contributed by atoms with van der Waals surface area (Å²) < 4.78 is 5.54. The van der Waals surface area contributed by atoms with Gasteiger partial charge in [-0.15, -0.1) is 0 Å². The number of hydrogen-bond acceptors (Lipinski definition) is 4. The smallest absolute Gasteiger partial charge is 0.408 e. The molecule has 2 unspecified atom stereocenters. The van der Waals surface area contributed by atoms with Crippen LogP contribution >= 0.6 is 0 Å². The van der Waals surface area contributed by atoms with Gasteiger partial charge < -0.3 is 20.3 Å². The van der Waals surface area contributed by atoms with Gasteiger partial charge in [0.05, 0.1) is 0 Å². The van der Waals surface area contributed by atoms with Crippen LogP contribution in [0.15, 0.2) is 61.2 Å². The van der Waals surface area contributed by atoms with Crippen LogP contribution in [0, 0.1) is 0 Å². The van der Waals surface area contributed by atoms with E-state index in [0.29, 0.717) is 12.1 Å². The first-order valence-electron chi connectivity index (χ1n) is 15.1. The minimum atomic E-state index is -0.939. The summed E-state index contributed by atoms with van der Waals surface area (Å²) in [6.45, 7) is 17.5. The Kier molecular flexibility index (Phi) is 13.3. The van der Waals surface area contributed by atoms with Crippen molar-refractivity contribution >= 4 is 24.0 Å². The number of carbonyl (C=O) groups excluding carboxylic acids is 3. The Morgan fingerprint density at radius 3 is 2.19 bits per heavy atom. The zero-order valence-corrected chi connectivity index (χ0v) is 26.7. The topological polar surface area (TPSA) is 87.7 Å². The van der Waals surface area contributed by atoms with Gasteiger partial charge in [0, 0.05) is 18.5 Å². The lowest BCUT2D eigenvalue weighted by Gasteiger charge is -2.36. The normalized spacial score (nSPS) is 13.0. The molecule has 0 heterocycles. The lowest BCUT2D eigenvalue weighted by atomic mass is 9.97. The maximum absolute atomic E-state index is 14.6. The van der Waals surface area contributed by atoms with Gasteiger partial charge in [-0.2, -0.15) is 0 Å². The van der Waals surface area contributed by atoms with Crippen LogP contribution in [-0.2, 0) is 20.7 Å². The standard InChI is InChI=1S/C35H51N3O4/c1-9-11-12-13-17-23-38(30(31(39)37-34(3,4)5)28-22-18-21-26(10-2)24-28)32(40)29(25-27-19-15-14-16-20-27)36-33(41)42-35(6,7)8/h10,14-16,18-22,24,29-30H,2,9,11-13,17,23,25H2,1,3-8H3,(H,36,41)(H,37,39). The van der Waals surface area contributed by atoms with E-state index in [1.807, 2.05) is 75.4 Å². The number of alkyl carbamates (subject to hydrolysis) is 1. The molecule has 230 valence electrons. The minimum absolute atomic E-state index is 0.256. The van der Waals surface area contributed by atoms with E-state index in [1.54, 1.807) is 31.7 Å². The van der Waals surface area contributed by atoms with E-state index in [2.05, 4.69) is 24.1 Å². The van der Waals surface area contributed by atoms with Crippen LogP contribution in [0.1, 0.15) is 103 Å². The molecule has 2 rings (SSSR count). The molecule has 2 atom stereocenters. The number of nitrogens with one attached hydrogen (secondary N) is 2. The van der Waals surface area contributed by atoms with Gasteiger partial charge in [-0.05, 0) is 70.7 Å². The number of benzene rings is 2. The van der Waals surface area contributed by atoms with E-state index < -0.39 is 29.3 Å². The summed E-state index contributed by atoms with van der Waals surface area (Å²) in [6.07, 6.45) is 6.23. The monoisotopic (exact) mass is 577 g/mol. The Labute approximate surface area is 253 Å². The van der Waals surface area contributed by atoms with Gasteiger partial charge in [0.2, 0.25) is 11.8 Å². The summed E-state index contributed by atoms with van der Waals surface area (Å²) in [5.41, 5.74) is 1.18. The fourth-order valence-corrected chi connectivity index (χ4v) is 4.72. The number of carbonyl (C=O) groups is 3. The molecule has 0 radical (unpaired) electrons. The molecule has 7 heteroatoms. The van der Waals surface area contributed by atoms with Crippen LogP contribution in [-0.4, -0.2) is 46.5 Å². The summed E-state index contributed by atoms with van der Waals surface area (Å²) in [6, 6.07) is 15.2. The third-order valence-electron chi connectivity index (χ3n) is 6.58. The van der Waals surface area contributed by atoms with Crippen molar-refractivity contribution in [1.82, 2.24) is 15.5 Å². The molecular formula is C35H51N3O4. The maximum atomic E-state index is 14.6. The summed E-state index contributed by atoms with van der Waals surface area (Å²) >= 11 is 0. The van der Waals surface area contributed by atoms with Crippen LogP contribution in [0.5, 0.6) is 0 Å². The van der Waals surface area contributed by atoms with Gasteiger partial charge in [0.1, 0.15) is 17.7 Å². The Morgan fingerprint density at radius 1 is 0.929 bits per heavy atom. The zero-order valence-electron chi connectivity index (χ0n) is 26.7. The number of ether oxygens (including phenoxy) is 1. The van der Waals surface area contributed by atoms with E-state index in [1.165, 1.54) is 0 Å².